The van der Waals surface area contributed by atoms with Gasteiger partial charge in [0.05, 0.1) is 6.54 Å². The van der Waals surface area contributed by atoms with Crippen LogP contribution in [0.5, 0.6) is 5.75 Å². The average Bonchev–Trinajstić information content (AvgIpc) is 3.05. The van der Waals surface area contributed by atoms with E-state index in [0.717, 1.165) is 12.8 Å². The summed E-state index contributed by atoms with van der Waals surface area (Å²) in [5.41, 5.74) is 0.674. The smallest absolute Gasteiger partial charge is 0.317 e. The molecule has 0 atom stereocenters. The summed E-state index contributed by atoms with van der Waals surface area (Å²) in [5.74, 6) is -1.94. The number of phenols is 1. The lowest BCUT2D eigenvalue weighted by Crippen LogP contribution is -2.31. The Hall–Kier alpha value is -1.62. The fourth-order valence-electron chi connectivity index (χ4n) is 1.81. The largest absolute Gasteiger partial charge is 0.505 e. The lowest BCUT2D eigenvalue weighted by atomic mass is 10.2. The van der Waals surface area contributed by atoms with Crippen molar-refractivity contribution >= 4 is 5.97 Å². The third kappa shape index (κ3) is 3.17. The Labute approximate surface area is 98.3 Å². The molecule has 0 amide bonds. The summed E-state index contributed by atoms with van der Waals surface area (Å²) in [5, 5.41) is 17.8. The average molecular weight is 239 g/mol. The fourth-order valence-corrected chi connectivity index (χ4v) is 1.81. The SMILES string of the molecule is O=C(O)CN(Cc1ccc(O)c(F)c1)C1CC1. The minimum Gasteiger partial charge on any atom is -0.505 e. The van der Waals surface area contributed by atoms with E-state index in [9.17, 15) is 9.18 Å². The number of phenolic OH excluding ortho intramolecular Hbond substituents is 1. The first-order valence-electron chi connectivity index (χ1n) is 5.49. The zero-order valence-electron chi connectivity index (χ0n) is 9.27. The number of aromatic hydroxyl groups is 1. The summed E-state index contributed by atoms with van der Waals surface area (Å²) < 4.78 is 13.1. The van der Waals surface area contributed by atoms with Crippen LogP contribution in [0.15, 0.2) is 18.2 Å². The second-order valence-electron chi connectivity index (χ2n) is 4.32. The second-order valence-corrected chi connectivity index (χ2v) is 4.32. The van der Waals surface area contributed by atoms with Crippen molar-refractivity contribution in [3.8, 4) is 5.75 Å². The molecular formula is C12H14FNO3. The Bertz CT molecular complexity index is 432. The zero-order chi connectivity index (χ0) is 12.4. The molecule has 1 aliphatic rings. The van der Waals surface area contributed by atoms with E-state index in [1.54, 1.807) is 6.07 Å². The van der Waals surface area contributed by atoms with E-state index < -0.39 is 11.8 Å². The van der Waals surface area contributed by atoms with E-state index in [1.165, 1.54) is 12.1 Å². The Morgan fingerprint density at radius 3 is 2.71 bits per heavy atom. The number of halogens is 1. The number of rotatable bonds is 5. The number of carboxylic acid groups (broad SMARTS) is 1. The fraction of sp³-hybridized carbons (Fsp3) is 0.417. The molecule has 0 spiro atoms. The summed E-state index contributed by atoms with van der Waals surface area (Å²) in [6, 6.07) is 4.43. The molecule has 1 fully saturated rings. The number of nitrogens with zero attached hydrogens (tertiary/aromatic N) is 1. The standard InChI is InChI=1S/C12H14FNO3/c13-10-5-8(1-4-11(10)15)6-14(7-12(16)17)9-2-3-9/h1,4-5,9,15H,2-3,6-7H2,(H,16,17). The first kappa shape index (κ1) is 11.9. The molecule has 0 aliphatic heterocycles. The predicted octanol–water partition coefficient (Wildman–Crippen LogP) is 1.58. The predicted molar refractivity (Wildman–Crippen MR) is 59.1 cm³/mol. The molecule has 2 N–H and O–H groups in total. The van der Waals surface area contributed by atoms with Crippen molar-refractivity contribution < 1.29 is 19.4 Å². The maximum Gasteiger partial charge on any atom is 0.317 e. The van der Waals surface area contributed by atoms with Gasteiger partial charge < -0.3 is 10.2 Å². The summed E-state index contributed by atoms with van der Waals surface area (Å²) in [6.07, 6.45) is 1.99. The molecule has 1 aromatic rings. The van der Waals surface area contributed by atoms with Crippen molar-refractivity contribution in [3.63, 3.8) is 0 Å². The van der Waals surface area contributed by atoms with Crippen LogP contribution >= 0.6 is 0 Å². The number of carbonyl (C=O) groups is 1. The zero-order valence-corrected chi connectivity index (χ0v) is 9.27. The number of aliphatic carboxylic acids is 1. The van der Waals surface area contributed by atoms with Crippen LogP contribution in [0.1, 0.15) is 18.4 Å². The van der Waals surface area contributed by atoms with Gasteiger partial charge in [-0.3, -0.25) is 9.69 Å². The number of carboxylic acids is 1. The Morgan fingerprint density at radius 1 is 1.47 bits per heavy atom. The maximum atomic E-state index is 13.1. The van der Waals surface area contributed by atoms with Gasteiger partial charge in [-0.15, -0.1) is 0 Å². The van der Waals surface area contributed by atoms with Crippen LogP contribution in [0, 0.1) is 5.82 Å². The third-order valence-electron chi connectivity index (χ3n) is 2.80. The molecule has 0 heterocycles. The van der Waals surface area contributed by atoms with Crippen LogP contribution < -0.4 is 0 Å². The van der Waals surface area contributed by atoms with Gasteiger partial charge in [0.1, 0.15) is 0 Å². The Balaban J connectivity index is 2.06. The highest BCUT2D eigenvalue weighted by Gasteiger charge is 2.30. The molecule has 0 radical (unpaired) electrons. The lowest BCUT2D eigenvalue weighted by Gasteiger charge is -2.19. The molecule has 4 nitrogen and oxygen atoms in total. The molecule has 5 heteroatoms. The first-order valence-corrected chi connectivity index (χ1v) is 5.49. The van der Waals surface area contributed by atoms with Crippen LogP contribution in [0.3, 0.4) is 0 Å². The number of hydrogen-bond acceptors (Lipinski definition) is 3. The van der Waals surface area contributed by atoms with E-state index in [-0.39, 0.29) is 12.3 Å². The molecule has 17 heavy (non-hydrogen) atoms. The molecule has 0 unspecified atom stereocenters. The van der Waals surface area contributed by atoms with Crippen LogP contribution in [0.2, 0.25) is 0 Å². The quantitative estimate of drug-likeness (QED) is 0.819. The van der Waals surface area contributed by atoms with Crippen molar-refractivity contribution in [3.05, 3.63) is 29.6 Å². The summed E-state index contributed by atoms with van der Waals surface area (Å²) in [7, 11) is 0. The van der Waals surface area contributed by atoms with Gasteiger partial charge in [0.15, 0.2) is 11.6 Å². The molecule has 0 aromatic heterocycles. The molecular weight excluding hydrogens is 225 g/mol. The van der Waals surface area contributed by atoms with E-state index in [0.29, 0.717) is 18.2 Å². The van der Waals surface area contributed by atoms with Crippen LogP contribution in [-0.4, -0.2) is 33.7 Å². The minimum atomic E-state index is -0.879. The van der Waals surface area contributed by atoms with Crippen molar-refractivity contribution in [2.45, 2.75) is 25.4 Å². The molecule has 1 aromatic carbocycles. The van der Waals surface area contributed by atoms with E-state index in [1.807, 2.05) is 4.90 Å². The van der Waals surface area contributed by atoms with Gasteiger partial charge in [-0.25, -0.2) is 4.39 Å². The number of hydrogen-bond donors (Lipinski definition) is 2. The normalized spacial score (nSPS) is 15.2. The summed E-state index contributed by atoms with van der Waals surface area (Å²) in [6.45, 7) is 0.362. The van der Waals surface area contributed by atoms with Crippen molar-refractivity contribution in [2.75, 3.05) is 6.54 Å². The van der Waals surface area contributed by atoms with Crippen LogP contribution in [0.25, 0.3) is 0 Å². The van der Waals surface area contributed by atoms with Gasteiger partial charge >= 0.3 is 5.97 Å². The van der Waals surface area contributed by atoms with Crippen molar-refractivity contribution in [1.29, 1.82) is 0 Å². The minimum absolute atomic E-state index is 0.0346. The summed E-state index contributed by atoms with van der Waals surface area (Å²) in [4.78, 5) is 12.5. The summed E-state index contributed by atoms with van der Waals surface area (Å²) >= 11 is 0. The van der Waals surface area contributed by atoms with Gasteiger partial charge in [0, 0.05) is 12.6 Å². The van der Waals surface area contributed by atoms with Gasteiger partial charge in [-0.1, -0.05) is 6.07 Å². The molecule has 1 aliphatic carbocycles. The highest BCUT2D eigenvalue weighted by molar-refractivity contribution is 5.69. The highest BCUT2D eigenvalue weighted by atomic mass is 19.1. The molecule has 0 saturated heterocycles. The molecule has 1 saturated carbocycles. The van der Waals surface area contributed by atoms with E-state index in [4.69, 9.17) is 10.2 Å². The Kier molecular flexibility index (Phi) is 3.28. The van der Waals surface area contributed by atoms with Crippen molar-refractivity contribution in [1.82, 2.24) is 4.90 Å². The van der Waals surface area contributed by atoms with E-state index in [2.05, 4.69) is 0 Å². The van der Waals surface area contributed by atoms with Crippen LogP contribution in [0.4, 0.5) is 4.39 Å². The Morgan fingerprint density at radius 2 is 2.18 bits per heavy atom. The molecule has 92 valence electrons. The monoisotopic (exact) mass is 239 g/mol. The maximum absolute atomic E-state index is 13.1. The van der Waals surface area contributed by atoms with Gasteiger partial charge in [0.25, 0.3) is 0 Å². The highest BCUT2D eigenvalue weighted by Crippen LogP contribution is 2.28. The van der Waals surface area contributed by atoms with Crippen molar-refractivity contribution in [2.24, 2.45) is 0 Å². The second kappa shape index (κ2) is 4.71. The third-order valence-corrected chi connectivity index (χ3v) is 2.80. The number of benzene rings is 1. The van der Waals surface area contributed by atoms with Gasteiger partial charge in [-0.2, -0.15) is 0 Å². The van der Waals surface area contributed by atoms with E-state index >= 15 is 0 Å². The molecule has 0 bridgehead atoms. The first-order chi connectivity index (χ1) is 8.06. The topological polar surface area (TPSA) is 60.8 Å². The lowest BCUT2D eigenvalue weighted by molar-refractivity contribution is -0.138. The van der Waals surface area contributed by atoms with Gasteiger partial charge in [0.2, 0.25) is 0 Å². The van der Waals surface area contributed by atoms with Crippen LogP contribution in [-0.2, 0) is 11.3 Å². The molecule has 2 rings (SSSR count). The van der Waals surface area contributed by atoms with Gasteiger partial charge in [-0.05, 0) is 30.5 Å².